The van der Waals surface area contributed by atoms with E-state index in [2.05, 4.69) is 10.3 Å². The first-order chi connectivity index (χ1) is 9.75. The Morgan fingerprint density at radius 2 is 1.40 bits per heavy atom. The molecule has 20 heavy (non-hydrogen) atoms. The molecular formula is C16H12Cl2N2. The van der Waals surface area contributed by atoms with Crippen LogP contribution in [0.5, 0.6) is 0 Å². The lowest BCUT2D eigenvalue weighted by atomic mass is 10.0. The fourth-order valence-corrected chi connectivity index (χ4v) is 2.40. The molecule has 2 aromatic rings. The maximum atomic E-state index is 6.16. The summed E-state index contributed by atoms with van der Waals surface area (Å²) in [5, 5.41) is 3.57. The van der Waals surface area contributed by atoms with E-state index in [0.717, 1.165) is 22.5 Å². The van der Waals surface area contributed by atoms with Crippen LogP contribution in [0.4, 0.5) is 0 Å². The van der Waals surface area contributed by atoms with Crippen molar-refractivity contribution in [1.29, 1.82) is 0 Å². The molecule has 0 aliphatic carbocycles. The van der Waals surface area contributed by atoms with Crippen molar-refractivity contribution >= 4 is 39.8 Å². The summed E-state index contributed by atoms with van der Waals surface area (Å²) in [4.78, 5) is 4.46. The number of nitrogens with zero attached hydrogens (tertiary/aromatic N) is 1. The maximum Gasteiger partial charge on any atom is 0.155 e. The second-order valence-corrected chi connectivity index (χ2v) is 5.22. The lowest BCUT2D eigenvalue weighted by molar-refractivity contribution is 0.965. The summed E-state index contributed by atoms with van der Waals surface area (Å²) in [7, 11) is 0. The van der Waals surface area contributed by atoms with E-state index < -0.39 is 5.50 Å². The van der Waals surface area contributed by atoms with E-state index in [-0.39, 0.29) is 0 Å². The van der Waals surface area contributed by atoms with Crippen LogP contribution in [0.2, 0.25) is 0 Å². The minimum absolute atomic E-state index is 0.352. The van der Waals surface area contributed by atoms with Gasteiger partial charge in [0.15, 0.2) is 5.50 Å². The van der Waals surface area contributed by atoms with Crippen LogP contribution >= 0.6 is 23.2 Å². The quantitative estimate of drug-likeness (QED) is 0.648. The van der Waals surface area contributed by atoms with Crippen molar-refractivity contribution in [3.63, 3.8) is 0 Å². The van der Waals surface area contributed by atoms with Gasteiger partial charge in [-0.3, -0.25) is 0 Å². The summed E-state index contributed by atoms with van der Waals surface area (Å²) >= 11 is 12.2. The number of aliphatic imine (C=N–C) groups is 1. The van der Waals surface area contributed by atoms with Crippen LogP contribution in [0.1, 0.15) is 11.1 Å². The Balaban J connectivity index is 2.18. The van der Waals surface area contributed by atoms with E-state index in [0.29, 0.717) is 5.17 Å². The number of hydrogen-bond acceptors (Lipinski definition) is 2. The van der Waals surface area contributed by atoms with E-state index in [4.69, 9.17) is 23.2 Å². The Morgan fingerprint density at radius 1 is 0.850 bits per heavy atom. The molecule has 0 spiro atoms. The molecule has 0 bridgehead atoms. The molecule has 3 rings (SSSR count). The molecule has 2 aromatic carbocycles. The van der Waals surface area contributed by atoms with Gasteiger partial charge in [0, 0.05) is 5.56 Å². The van der Waals surface area contributed by atoms with Gasteiger partial charge in [0.2, 0.25) is 0 Å². The second-order valence-electron chi connectivity index (χ2n) is 4.40. The minimum Gasteiger partial charge on any atom is -0.361 e. The Bertz CT molecular complexity index is 663. The highest BCUT2D eigenvalue weighted by atomic mass is 35.5. The molecule has 100 valence electrons. The Labute approximate surface area is 127 Å². The van der Waals surface area contributed by atoms with Gasteiger partial charge >= 0.3 is 0 Å². The van der Waals surface area contributed by atoms with E-state index in [1.54, 1.807) is 0 Å². The zero-order chi connectivity index (χ0) is 13.9. The fraction of sp³-hybridized carbons (Fsp3) is 0.0625. The maximum absolute atomic E-state index is 6.16. The smallest absolute Gasteiger partial charge is 0.155 e. The number of alkyl halides is 1. The van der Waals surface area contributed by atoms with Gasteiger partial charge in [0.05, 0.1) is 11.4 Å². The zero-order valence-electron chi connectivity index (χ0n) is 10.6. The largest absolute Gasteiger partial charge is 0.361 e. The normalized spacial score (nSPS) is 18.5. The van der Waals surface area contributed by atoms with Gasteiger partial charge in [-0.15, -0.1) is 0 Å². The SMILES string of the molecule is ClC1=NC(c2ccccc2)=C(c2ccccc2)NC1Cl. The summed E-state index contributed by atoms with van der Waals surface area (Å²) in [6.07, 6.45) is 0. The molecule has 0 saturated heterocycles. The molecule has 0 aromatic heterocycles. The first-order valence-corrected chi connectivity index (χ1v) is 7.07. The molecule has 0 saturated carbocycles. The molecule has 0 amide bonds. The molecule has 4 heteroatoms. The van der Waals surface area contributed by atoms with Crippen LogP contribution in [0, 0.1) is 0 Å². The van der Waals surface area contributed by atoms with Gasteiger partial charge in [-0.25, -0.2) is 4.99 Å². The number of hydrogen-bond donors (Lipinski definition) is 1. The molecule has 1 atom stereocenters. The summed E-state index contributed by atoms with van der Waals surface area (Å²) in [5.74, 6) is 0. The highest BCUT2D eigenvalue weighted by Crippen LogP contribution is 2.30. The Hall–Kier alpha value is -1.77. The summed E-state index contributed by atoms with van der Waals surface area (Å²) in [6, 6.07) is 19.9. The van der Waals surface area contributed by atoms with Crippen molar-refractivity contribution < 1.29 is 0 Å². The number of rotatable bonds is 2. The third-order valence-electron chi connectivity index (χ3n) is 3.05. The molecule has 1 aliphatic heterocycles. The van der Waals surface area contributed by atoms with Crippen molar-refractivity contribution in [2.75, 3.05) is 0 Å². The van der Waals surface area contributed by atoms with Crippen LogP contribution in [-0.4, -0.2) is 10.7 Å². The van der Waals surface area contributed by atoms with Gasteiger partial charge in [0.1, 0.15) is 5.17 Å². The van der Waals surface area contributed by atoms with Crippen LogP contribution in [0.3, 0.4) is 0 Å². The van der Waals surface area contributed by atoms with Gasteiger partial charge in [0.25, 0.3) is 0 Å². The van der Waals surface area contributed by atoms with Crippen molar-refractivity contribution in [2.24, 2.45) is 4.99 Å². The van der Waals surface area contributed by atoms with Crippen molar-refractivity contribution in [2.45, 2.75) is 5.50 Å². The van der Waals surface area contributed by atoms with E-state index >= 15 is 0 Å². The van der Waals surface area contributed by atoms with E-state index in [1.165, 1.54) is 0 Å². The van der Waals surface area contributed by atoms with Gasteiger partial charge < -0.3 is 5.32 Å². The average molecular weight is 303 g/mol. The monoisotopic (exact) mass is 302 g/mol. The predicted octanol–water partition coefficient (Wildman–Crippen LogP) is 4.32. The molecule has 0 radical (unpaired) electrons. The highest BCUT2D eigenvalue weighted by Gasteiger charge is 2.22. The lowest BCUT2D eigenvalue weighted by Gasteiger charge is -2.23. The number of nitrogens with one attached hydrogen (secondary N) is 1. The molecule has 1 aliphatic rings. The van der Waals surface area contributed by atoms with Crippen molar-refractivity contribution in [3.8, 4) is 0 Å². The van der Waals surface area contributed by atoms with Gasteiger partial charge in [-0.1, -0.05) is 83.9 Å². The Kier molecular flexibility index (Phi) is 3.77. The first-order valence-electron chi connectivity index (χ1n) is 6.25. The topological polar surface area (TPSA) is 24.4 Å². The lowest BCUT2D eigenvalue weighted by Crippen LogP contribution is -2.31. The standard InChI is InChI=1S/C16H12Cl2N2/c17-15-16(18)20-14(12-9-5-2-6-10-12)13(19-15)11-7-3-1-4-8-11/h1-10,15,19H. The molecular weight excluding hydrogens is 291 g/mol. The van der Waals surface area contributed by atoms with Crippen LogP contribution in [0.15, 0.2) is 65.7 Å². The number of halogens is 2. The van der Waals surface area contributed by atoms with Crippen LogP contribution < -0.4 is 5.32 Å². The zero-order valence-corrected chi connectivity index (χ0v) is 12.1. The predicted molar refractivity (Wildman–Crippen MR) is 85.8 cm³/mol. The number of benzene rings is 2. The van der Waals surface area contributed by atoms with Gasteiger partial charge in [-0.2, -0.15) is 0 Å². The van der Waals surface area contributed by atoms with Gasteiger partial charge in [-0.05, 0) is 5.56 Å². The summed E-state index contributed by atoms with van der Waals surface area (Å²) in [6.45, 7) is 0. The second kappa shape index (κ2) is 5.70. The molecule has 1 heterocycles. The molecule has 0 fully saturated rings. The first kappa shape index (κ1) is 13.2. The van der Waals surface area contributed by atoms with Crippen molar-refractivity contribution in [3.05, 3.63) is 71.8 Å². The third kappa shape index (κ3) is 2.58. The fourth-order valence-electron chi connectivity index (χ4n) is 2.10. The van der Waals surface area contributed by atoms with Crippen LogP contribution in [-0.2, 0) is 0 Å². The Morgan fingerprint density at radius 3 is 2.00 bits per heavy atom. The minimum atomic E-state index is -0.501. The average Bonchev–Trinajstić information content (AvgIpc) is 2.51. The molecule has 1 N–H and O–H groups in total. The molecule has 2 nitrogen and oxygen atoms in total. The summed E-state index contributed by atoms with van der Waals surface area (Å²) < 4.78 is 0. The highest BCUT2D eigenvalue weighted by molar-refractivity contribution is 6.71. The van der Waals surface area contributed by atoms with Crippen LogP contribution in [0.25, 0.3) is 11.4 Å². The molecule has 1 unspecified atom stereocenters. The van der Waals surface area contributed by atoms with Crippen molar-refractivity contribution in [1.82, 2.24) is 5.32 Å². The van der Waals surface area contributed by atoms with E-state index in [9.17, 15) is 0 Å². The summed E-state index contributed by atoms with van der Waals surface area (Å²) in [5.41, 5.74) is 3.23. The van der Waals surface area contributed by atoms with E-state index in [1.807, 2.05) is 60.7 Å². The third-order valence-corrected chi connectivity index (χ3v) is 3.78.